The van der Waals surface area contributed by atoms with Crippen molar-refractivity contribution in [3.05, 3.63) is 77.9 Å². The van der Waals surface area contributed by atoms with Gasteiger partial charge in [0.05, 0.1) is 0 Å². The van der Waals surface area contributed by atoms with Gasteiger partial charge in [-0.25, -0.2) is 0 Å². The van der Waals surface area contributed by atoms with E-state index in [1.807, 2.05) is 49.4 Å². The summed E-state index contributed by atoms with van der Waals surface area (Å²) >= 11 is 0. The van der Waals surface area contributed by atoms with E-state index in [1.165, 1.54) is 4.90 Å². The molecule has 0 saturated heterocycles. The van der Waals surface area contributed by atoms with E-state index >= 15 is 0 Å². The average Bonchev–Trinajstić information content (AvgIpc) is 2.81. The van der Waals surface area contributed by atoms with E-state index in [4.69, 9.17) is 4.74 Å². The van der Waals surface area contributed by atoms with E-state index in [0.717, 1.165) is 11.1 Å². The van der Waals surface area contributed by atoms with Crippen LogP contribution in [0.1, 0.15) is 34.5 Å². The number of carbonyl (C=O) groups is 2. The van der Waals surface area contributed by atoms with Crippen molar-refractivity contribution in [2.24, 2.45) is 0 Å². The number of rotatable bonds is 4. The van der Waals surface area contributed by atoms with Crippen LogP contribution < -0.4 is 0 Å². The topological polar surface area (TPSA) is 46.6 Å². The van der Waals surface area contributed by atoms with Crippen molar-refractivity contribution < 1.29 is 14.3 Å². The lowest BCUT2D eigenvalue weighted by Gasteiger charge is -2.19. The van der Waals surface area contributed by atoms with Crippen LogP contribution in [-0.2, 0) is 9.53 Å². The lowest BCUT2D eigenvalue weighted by Crippen LogP contribution is -2.30. The Hall–Kier alpha value is -2.88. The van der Waals surface area contributed by atoms with Crippen molar-refractivity contribution in [3.63, 3.8) is 0 Å². The minimum Gasteiger partial charge on any atom is -0.456 e. The number of carbonyl (C=O) groups excluding carboxylic acids is 2. The fraction of sp³-hybridized carbons (Fsp3) is 0.158. The fourth-order valence-electron chi connectivity index (χ4n) is 2.66. The molecule has 0 radical (unpaired) electrons. The number of esters is 1. The van der Waals surface area contributed by atoms with Crippen LogP contribution in [0.5, 0.6) is 0 Å². The molecule has 1 heterocycles. The van der Waals surface area contributed by atoms with Crippen LogP contribution in [0, 0.1) is 0 Å². The molecule has 0 aliphatic carbocycles. The van der Waals surface area contributed by atoms with Crippen LogP contribution in [0.2, 0.25) is 0 Å². The van der Waals surface area contributed by atoms with Crippen LogP contribution in [0.15, 0.2) is 61.2 Å². The third-order valence-corrected chi connectivity index (χ3v) is 3.90. The second-order valence-electron chi connectivity index (χ2n) is 5.43. The molecule has 2 aromatic rings. The molecule has 0 bridgehead atoms. The number of nitrogens with zero attached hydrogens (tertiary/aromatic N) is 1. The number of benzene rings is 2. The average molecular weight is 307 g/mol. The summed E-state index contributed by atoms with van der Waals surface area (Å²) in [5.41, 5.74) is 2.79. The van der Waals surface area contributed by atoms with Crippen LogP contribution in [0.25, 0.3) is 5.70 Å². The summed E-state index contributed by atoms with van der Waals surface area (Å²) in [5.74, 6) is -0.668. The Labute approximate surface area is 135 Å². The van der Waals surface area contributed by atoms with Gasteiger partial charge in [0.1, 0.15) is 12.6 Å². The monoisotopic (exact) mass is 307 g/mol. The first-order valence-electron chi connectivity index (χ1n) is 7.42. The normalized spacial score (nSPS) is 14.6. The smallest absolute Gasteiger partial charge is 0.326 e. The third-order valence-electron chi connectivity index (χ3n) is 3.90. The van der Waals surface area contributed by atoms with Gasteiger partial charge in [0, 0.05) is 16.8 Å². The van der Waals surface area contributed by atoms with Crippen molar-refractivity contribution in [1.82, 2.24) is 4.90 Å². The fourth-order valence-corrected chi connectivity index (χ4v) is 2.66. The number of fused-ring (bicyclic) bond motifs is 1. The quantitative estimate of drug-likeness (QED) is 0.813. The summed E-state index contributed by atoms with van der Waals surface area (Å²) in [7, 11) is 0. The van der Waals surface area contributed by atoms with E-state index in [9.17, 15) is 9.59 Å². The molecular weight excluding hydrogens is 290 g/mol. The van der Waals surface area contributed by atoms with E-state index in [1.54, 1.807) is 12.1 Å². The molecule has 4 heteroatoms. The molecular formula is C19H17NO3. The van der Waals surface area contributed by atoms with Crippen molar-refractivity contribution in [1.29, 1.82) is 0 Å². The zero-order valence-electron chi connectivity index (χ0n) is 12.9. The highest BCUT2D eigenvalue weighted by Crippen LogP contribution is 2.31. The standard InChI is InChI=1S/C19H17NO3/c1-13-16-10-6-7-11-17(16)19(22)20(13)12-18(21)23-14(2)15-8-4-3-5-9-15/h3-11,14H,1,12H2,2H3. The summed E-state index contributed by atoms with van der Waals surface area (Å²) < 4.78 is 5.42. The Kier molecular flexibility index (Phi) is 3.98. The summed E-state index contributed by atoms with van der Waals surface area (Å²) in [5, 5.41) is 0. The third kappa shape index (κ3) is 2.88. The van der Waals surface area contributed by atoms with Gasteiger partial charge in [0.25, 0.3) is 5.91 Å². The Balaban J connectivity index is 1.68. The van der Waals surface area contributed by atoms with Gasteiger partial charge in [0.2, 0.25) is 0 Å². The molecule has 23 heavy (non-hydrogen) atoms. The van der Waals surface area contributed by atoms with Crippen molar-refractivity contribution in [3.8, 4) is 0 Å². The van der Waals surface area contributed by atoms with Gasteiger partial charge in [-0.1, -0.05) is 55.1 Å². The number of hydrogen-bond donors (Lipinski definition) is 0. The molecule has 0 fully saturated rings. The second kappa shape index (κ2) is 6.08. The summed E-state index contributed by atoms with van der Waals surface area (Å²) in [6.07, 6.45) is -0.364. The largest absolute Gasteiger partial charge is 0.456 e. The molecule has 0 spiro atoms. The van der Waals surface area contributed by atoms with E-state index in [0.29, 0.717) is 11.3 Å². The van der Waals surface area contributed by atoms with Crippen LogP contribution in [-0.4, -0.2) is 23.3 Å². The molecule has 1 amide bonds. The summed E-state index contributed by atoms with van der Waals surface area (Å²) in [6, 6.07) is 16.7. The predicted octanol–water partition coefficient (Wildman–Crippen LogP) is 3.42. The minimum atomic E-state index is -0.455. The van der Waals surface area contributed by atoms with Gasteiger partial charge in [-0.2, -0.15) is 0 Å². The van der Waals surface area contributed by atoms with Crippen LogP contribution in [0.3, 0.4) is 0 Å². The molecule has 4 nitrogen and oxygen atoms in total. The lowest BCUT2D eigenvalue weighted by molar-refractivity contribution is -0.148. The highest BCUT2D eigenvalue weighted by atomic mass is 16.5. The minimum absolute atomic E-state index is 0.135. The molecule has 1 atom stereocenters. The molecule has 1 unspecified atom stereocenters. The highest BCUT2D eigenvalue weighted by Gasteiger charge is 2.32. The van der Waals surface area contributed by atoms with Crippen LogP contribution in [0.4, 0.5) is 0 Å². The van der Waals surface area contributed by atoms with Crippen LogP contribution >= 0.6 is 0 Å². The Morgan fingerprint density at radius 3 is 2.35 bits per heavy atom. The van der Waals surface area contributed by atoms with Crippen molar-refractivity contribution in [2.75, 3.05) is 6.54 Å². The molecule has 1 aliphatic rings. The van der Waals surface area contributed by atoms with E-state index in [2.05, 4.69) is 6.58 Å². The first-order valence-corrected chi connectivity index (χ1v) is 7.42. The van der Waals surface area contributed by atoms with Gasteiger partial charge >= 0.3 is 5.97 Å². The molecule has 3 rings (SSSR count). The summed E-state index contributed by atoms with van der Waals surface area (Å²) in [6.45, 7) is 5.59. The maximum atomic E-state index is 12.4. The van der Waals surface area contributed by atoms with Gasteiger partial charge in [-0.3, -0.25) is 14.5 Å². The lowest BCUT2D eigenvalue weighted by atomic mass is 10.1. The Bertz CT molecular complexity index is 732. The SMILES string of the molecule is C=C1c2ccccc2C(=O)N1CC(=O)OC(C)c1ccccc1. The summed E-state index contributed by atoms with van der Waals surface area (Å²) in [4.78, 5) is 25.9. The first-order chi connectivity index (χ1) is 11.1. The number of hydrogen-bond acceptors (Lipinski definition) is 3. The zero-order chi connectivity index (χ0) is 16.4. The van der Waals surface area contributed by atoms with Gasteiger partial charge in [-0.05, 0) is 18.6 Å². The molecule has 1 aliphatic heterocycles. The maximum Gasteiger partial charge on any atom is 0.326 e. The predicted molar refractivity (Wildman–Crippen MR) is 87.5 cm³/mol. The molecule has 116 valence electrons. The highest BCUT2D eigenvalue weighted by molar-refractivity contribution is 6.10. The number of ether oxygens (including phenoxy) is 1. The van der Waals surface area contributed by atoms with E-state index < -0.39 is 5.97 Å². The van der Waals surface area contributed by atoms with E-state index in [-0.39, 0.29) is 18.6 Å². The van der Waals surface area contributed by atoms with Crippen molar-refractivity contribution in [2.45, 2.75) is 13.0 Å². The second-order valence-corrected chi connectivity index (χ2v) is 5.43. The number of amides is 1. The van der Waals surface area contributed by atoms with Gasteiger partial charge in [0.15, 0.2) is 0 Å². The molecule has 2 aromatic carbocycles. The molecule has 0 aromatic heterocycles. The van der Waals surface area contributed by atoms with Crippen molar-refractivity contribution >= 4 is 17.6 Å². The Morgan fingerprint density at radius 2 is 1.70 bits per heavy atom. The molecule has 0 N–H and O–H groups in total. The first kappa shape index (κ1) is 15.0. The van der Waals surface area contributed by atoms with Gasteiger partial charge < -0.3 is 4.74 Å². The zero-order valence-corrected chi connectivity index (χ0v) is 12.9. The Morgan fingerprint density at radius 1 is 1.09 bits per heavy atom. The molecule has 0 saturated carbocycles. The van der Waals surface area contributed by atoms with Gasteiger partial charge in [-0.15, -0.1) is 0 Å². The maximum absolute atomic E-state index is 12.4.